The van der Waals surface area contributed by atoms with Gasteiger partial charge in [0.05, 0.1) is 0 Å². The van der Waals surface area contributed by atoms with E-state index < -0.39 is 0 Å². The van der Waals surface area contributed by atoms with E-state index in [1.165, 1.54) is 0 Å². The SMILES string of the molecule is CCC(CC)C(=O)NC1CCN(Cc2ccccc2)C1=O. The van der Waals surface area contributed by atoms with Crippen molar-refractivity contribution in [3.8, 4) is 0 Å². The fraction of sp³-hybridized carbons (Fsp3) is 0.529. The molecule has 1 unspecified atom stereocenters. The number of nitrogens with one attached hydrogen (secondary N) is 1. The zero-order chi connectivity index (χ0) is 15.2. The van der Waals surface area contributed by atoms with Gasteiger partial charge in [0.15, 0.2) is 0 Å². The van der Waals surface area contributed by atoms with E-state index in [0.717, 1.165) is 18.4 Å². The molecule has 1 heterocycles. The smallest absolute Gasteiger partial charge is 0.245 e. The van der Waals surface area contributed by atoms with Gasteiger partial charge in [0.25, 0.3) is 0 Å². The summed E-state index contributed by atoms with van der Waals surface area (Å²) in [5.74, 6) is 0.0686. The molecule has 4 heteroatoms. The highest BCUT2D eigenvalue weighted by Gasteiger charge is 2.33. The lowest BCUT2D eigenvalue weighted by Crippen LogP contribution is -2.43. The van der Waals surface area contributed by atoms with Crippen LogP contribution in [-0.2, 0) is 16.1 Å². The lowest BCUT2D eigenvalue weighted by Gasteiger charge is -2.19. The monoisotopic (exact) mass is 288 g/mol. The van der Waals surface area contributed by atoms with E-state index in [1.807, 2.05) is 49.1 Å². The summed E-state index contributed by atoms with van der Waals surface area (Å²) in [4.78, 5) is 26.3. The minimum absolute atomic E-state index is 0.0138. The first-order valence-electron chi connectivity index (χ1n) is 7.78. The molecular weight excluding hydrogens is 264 g/mol. The van der Waals surface area contributed by atoms with Gasteiger partial charge in [0.1, 0.15) is 6.04 Å². The van der Waals surface area contributed by atoms with E-state index in [1.54, 1.807) is 0 Å². The highest BCUT2D eigenvalue weighted by molar-refractivity contribution is 5.89. The highest BCUT2D eigenvalue weighted by Crippen LogP contribution is 2.16. The molecule has 4 nitrogen and oxygen atoms in total. The van der Waals surface area contributed by atoms with Crippen molar-refractivity contribution in [1.29, 1.82) is 0 Å². The molecule has 1 saturated heterocycles. The molecule has 0 bridgehead atoms. The number of carbonyl (C=O) groups is 2. The van der Waals surface area contributed by atoms with Gasteiger partial charge in [0, 0.05) is 19.0 Å². The van der Waals surface area contributed by atoms with Crippen LogP contribution in [0.4, 0.5) is 0 Å². The lowest BCUT2D eigenvalue weighted by atomic mass is 10.0. The van der Waals surface area contributed by atoms with Crippen molar-refractivity contribution in [3.05, 3.63) is 35.9 Å². The number of hydrogen-bond acceptors (Lipinski definition) is 2. The standard InChI is InChI=1S/C17H24N2O2/c1-3-14(4-2)16(20)18-15-10-11-19(17(15)21)12-13-8-6-5-7-9-13/h5-9,14-15H,3-4,10-12H2,1-2H3,(H,18,20). The first kappa shape index (κ1) is 15.5. The summed E-state index contributed by atoms with van der Waals surface area (Å²) in [6, 6.07) is 9.60. The number of amides is 2. The van der Waals surface area contributed by atoms with Gasteiger partial charge in [-0.05, 0) is 24.8 Å². The second-order valence-corrected chi connectivity index (χ2v) is 5.61. The predicted molar refractivity (Wildman–Crippen MR) is 82.5 cm³/mol. The van der Waals surface area contributed by atoms with Gasteiger partial charge in [-0.2, -0.15) is 0 Å². The van der Waals surface area contributed by atoms with Crippen LogP contribution in [0.2, 0.25) is 0 Å². The quantitative estimate of drug-likeness (QED) is 0.873. The Bertz CT molecular complexity index is 483. The molecule has 1 aliphatic rings. The van der Waals surface area contributed by atoms with Crippen LogP contribution in [-0.4, -0.2) is 29.3 Å². The van der Waals surface area contributed by atoms with Crippen molar-refractivity contribution in [2.75, 3.05) is 6.54 Å². The Labute approximate surface area is 126 Å². The Morgan fingerprint density at radius 3 is 2.57 bits per heavy atom. The normalized spacial score (nSPS) is 18.3. The van der Waals surface area contributed by atoms with Gasteiger partial charge < -0.3 is 10.2 Å². The maximum Gasteiger partial charge on any atom is 0.245 e. The summed E-state index contributed by atoms with van der Waals surface area (Å²) in [5.41, 5.74) is 1.12. The zero-order valence-corrected chi connectivity index (χ0v) is 12.8. The third-order valence-corrected chi connectivity index (χ3v) is 4.19. The molecule has 114 valence electrons. The van der Waals surface area contributed by atoms with Crippen molar-refractivity contribution in [3.63, 3.8) is 0 Å². The van der Waals surface area contributed by atoms with E-state index in [-0.39, 0.29) is 23.8 Å². The summed E-state index contributed by atoms with van der Waals surface area (Å²) in [6.07, 6.45) is 2.34. The van der Waals surface area contributed by atoms with Gasteiger partial charge >= 0.3 is 0 Å². The van der Waals surface area contributed by atoms with Crippen molar-refractivity contribution in [2.45, 2.75) is 45.7 Å². The number of nitrogens with zero attached hydrogens (tertiary/aromatic N) is 1. The molecule has 1 aromatic carbocycles. The molecule has 0 saturated carbocycles. The molecule has 1 aliphatic heterocycles. The van der Waals surface area contributed by atoms with Gasteiger partial charge in [0.2, 0.25) is 11.8 Å². The molecule has 1 atom stereocenters. The van der Waals surface area contributed by atoms with E-state index >= 15 is 0 Å². The van der Waals surface area contributed by atoms with Crippen molar-refractivity contribution < 1.29 is 9.59 Å². The van der Waals surface area contributed by atoms with Crippen LogP contribution in [0.15, 0.2) is 30.3 Å². The van der Waals surface area contributed by atoms with Gasteiger partial charge in [-0.3, -0.25) is 9.59 Å². The summed E-state index contributed by atoms with van der Waals surface area (Å²) < 4.78 is 0. The van der Waals surface area contributed by atoms with Crippen LogP contribution in [0.1, 0.15) is 38.7 Å². The maximum absolute atomic E-state index is 12.4. The average molecular weight is 288 g/mol. The topological polar surface area (TPSA) is 49.4 Å². The molecule has 0 radical (unpaired) electrons. The molecule has 1 fully saturated rings. The first-order chi connectivity index (χ1) is 10.2. The van der Waals surface area contributed by atoms with Crippen LogP contribution in [0.25, 0.3) is 0 Å². The average Bonchev–Trinajstić information content (AvgIpc) is 2.83. The number of benzene rings is 1. The van der Waals surface area contributed by atoms with Crippen LogP contribution in [0, 0.1) is 5.92 Å². The molecule has 1 N–H and O–H groups in total. The fourth-order valence-corrected chi connectivity index (χ4v) is 2.78. The minimum atomic E-state index is -0.346. The third-order valence-electron chi connectivity index (χ3n) is 4.19. The summed E-state index contributed by atoms with van der Waals surface area (Å²) >= 11 is 0. The van der Waals surface area contributed by atoms with E-state index in [9.17, 15) is 9.59 Å². The first-order valence-corrected chi connectivity index (χ1v) is 7.78. The van der Waals surface area contributed by atoms with E-state index in [2.05, 4.69) is 5.32 Å². The number of likely N-dealkylation sites (tertiary alicyclic amines) is 1. The molecular formula is C17H24N2O2. The number of rotatable bonds is 6. The Morgan fingerprint density at radius 1 is 1.29 bits per heavy atom. The van der Waals surface area contributed by atoms with E-state index in [0.29, 0.717) is 19.5 Å². The molecule has 0 spiro atoms. The minimum Gasteiger partial charge on any atom is -0.344 e. The Morgan fingerprint density at radius 2 is 1.95 bits per heavy atom. The van der Waals surface area contributed by atoms with Gasteiger partial charge in [-0.25, -0.2) is 0 Å². The third kappa shape index (κ3) is 3.84. The molecule has 21 heavy (non-hydrogen) atoms. The van der Waals surface area contributed by atoms with Gasteiger partial charge in [-0.1, -0.05) is 44.2 Å². The van der Waals surface area contributed by atoms with Crippen molar-refractivity contribution in [1.82, 2.24) is 10.2 Å². The van der Waals surface area contributed by atoms with Crippen molar-refractivity contribution >= 4 is 11.8 Å². The molecule has 2 rings (SSSR count). The summed E-state index contributed by atoms with van der Waals surface area (Å²) in [7, 11) is 0. The maximum atomic E-state index is 12.4. The second-order valence-electron chi connectivity index (χ2n) is 5.61. The Kier molecular flexibility index (Phi) is 5.37. The molecule has 1 aromatic rings. The number of carbonyl (C=O) groups excluding carboxylic acids is 2. The predicted octanol–water partition coefficient (Wildman–Crippen LogP) is 2.34. The lowest BCUT2D eigenvalue weighted by molar-refractivity contribution is -0.134. The molecule has 0 aliphatic carbocycles. The van der Waals surface area contributed by atoms with Crippen LogP contribution in [0.5, 0.6) is 0 Å². The van der Waals surface area contributed by atoms with Crippen molar-refractivity contribution in [2.24, 2.45) is 5.92 Å². The largest absolute Gasteiger partial charge is 0.344 e. The summed E-state index contributed by atoms with van der Waals surface area (Å²) in [6.45, 7) is 5.34. The zero-order valence-electron chi connectivity index (χ0n) is 12.8. The van der Waals surface area contributed by atoms with Crippen LogP contribution in [0.3, 0.4) is 0 Å². The summed E-state index contributed by atoms with van der Waals surface area (Å²) in [5, 5.41) is 2.92. The Hall–Kier alpha value is -1.84. The number of hydrogen-bond donors (Lipinski definition) is 1. The molecule has 0 aromatic heterocycles. The second kappa shape index (κ2) is 7.25. The van der Waals surface area contributed by atoms with Crippen LogP contribution < -0.4 is 5.32 Å². The van der Waals surface area contributed by atoms with Crippen LogP contribution >= 0.6 is 0 Å². The highest BCUT2D eigenvalue weighted by atomic mass is 16.2. The molecule has 2 amide bonds. The Balaban J connectivity index is 1.91. The fourth-order valence-electron chi connectivity index (χ4n) is 2.78. The van der Waals surface area contributed by atoms with E-state index in [4.69, 9.17) is 0 Å². The van der Waals surface area contributed by atoms with Gasteiger partial charge in [-0.15, -0.1) is 0 Å².